The molecule has 0 amide bonds. The molecular formula is C10H9Br2ClO2. The van der Waals surface area contributed by atoms with Crippen LogP contribution in [0.1, 0.15) is 22.8 Å². The zero-order valence-corrected chi connectivity index (χ0v) is 11.9. The van der Waals surface area contributed by atoms with Crippen LogP contribution in [0.2, 0.25) is 0 Å². The Hall–Kier alpha value is -0.0600. The van der Waals surface area contributed by atoms with E-state index in [1.807, 2.05) is 6.07 Å². The quantitative estimate of drug-likeness (QED) is 0.601. The largest absolute Gasteiger partial charge is 0.462 e. The minimum absolute atomic E-state index is 0.278. The fraction of sp³-hybridized carbons (Fsp3) is 0.300. The highest BCUT2D eigenvalue weighted by atomic mass is 79.9. The second-order valence-electron chi connectivity index (χ2n) is 2.75. The summed E-state index contributed by atoms with van der Waals surface area (Å²) in [5.41, 5.74) is 1.24. The van der Waals surface area contributed by atoms with Crippen LogP contribution in [0.25, 0.3) is 0 Å². The van der Waals surface area contributed by atoms with Crippen molar-refractivity contribution in [1.29, 1.82) is 0 Å². The smallest absolute Gasteiger partial charge is 0.339 e. The third-order valence-electron chi connectivity index (χ3n) is 1.80. The van der Waals surface area contributed by atoms with Crippen molar-refractivity contribution in [3.05, 3.63) is 32.2 Å². The lowest BCUT2D eigenvalue weighted by Gasteiger charge is -2.09. The van der Waals surface area contributed by atoms with E-state index in [1.54, 1.807) is 13.0 Å². The van der Waals surface area contributed by atoms with Crippen molar-refractivity contribution >= 4 is 49.4 Å². The Labute approximate surface area is 110 Å². The lowest BCUT2D eigenvalue weighted by Crippen LogP contribution is -2.08. The van der Waals surface area contributed by atoms with Gasteiger partial charge in [0, 0.05) is 14.8 Å². The molecule has 0 atom stereocenters. The van der Waals surface area contributed by atoms with Crippen LogP contribution in [0, 0.1) is 0 Å². The maximum absolute atomic E-state index is 11.7. The molecule has 0 radical (unpaired) electrons. The van der Waals surface area contributed by atoms with E-state index in [2.05, 4.69) is 31.9 Å². The van der Waals surface area contributed by atoms with Gasteiger partial charge >= 0.3 is 5.97 Å². The summed E-state index contributed by atoms with van der Waals surface area (Å²) in [5.74, 6) is -0.0821. The molecule has 15 heavy (non-hydrogen) atoms. The molecule has 2 nitrogen and oxygen atoms in total. The van der Waals surface area contributed by atoms with Crippen LogP contribution < -0.4 is 0 Å². The Balaban J connectivity index is 3.23. The average molecular weight is 356 g/mol. The third-order valence-corrected chi connectivity index (χ3v) is 4.11. The topological polar surface area (TPSA) is 26.3 Å². The molecule has 0 bridgehead atoms. The molecule has 1 aromatic carbocycles. The molecule has 82 valence electrons. The Kier molecular flexibility index (Phi) is 5.09. The maximum Gasteiger partial charge on any atom is 0.339 e. The van der Waals surface area contributed by atoms with Gasteiger partial charge in [-0.2, -0.15) is 0 Å². The monoisotopic (exact) mass is 354 g/mol. The Morgan fingerprint density at radius 1 is 1.47 bits per heavy atom. The van der Waals surface area contributed by atoms with Gasteiger partial charge < -0.3 is 4.74 Å². The summed E-state index contributed by atoms with van der Waals surface area (Å²) >= 11 is 12.4. The molecule has 1 rings (SSSR count). The normalized spacial score (nSPS) is 10.1. The van der Waals surface area contributed by atoms with E-state index in [0.29, 0.717) is 16.6 Å². The highest BCUT2D eigenvalue weighted by Gasteiger charge is 2.17. The summed E-state index contributed by atoms with van der Waals surface area (Å²) in [6.07, 6.45) is 0. The van der Waals surface area contributed by atoms with E-state index in [9.17, 15) is 4.79 Å². The predicted molar refractivity (Wildman–Crippen MR) is 67.4 cm³/mol. The van der Waals surface area contributed by atoms with Gasteiger partial charge in [-0.05, 0) is 50.4 Å². The molecule has 0 aliphatic rings. The van der Waals surface area contributed by atoms with Crippen molar-refractivity contribution in [3.63, 3.8) is 0 Å². The number of ether oxygens (including phenoxy) is 1. The standard InChI is InChI=1S/C10H9Br2ClO2/c1-2-15-10(14)8-6(5-13)3-4-7(11)9(8)12/h3-4H,2,5H2,1H3. The van der Waals surface area contributed by atoms with Crippen molar-refractivity contribution in [2.75, 3.05) is 6.61 Å². The first-order chi connectivity index (χ1) is 7.11. The first-order valence-corrected chi connectivity index (χ1v) is 6.43. The fourth-order valence-electron chi connectivity index (χ4n) is 1.13. The number of carbonyl (C=O) groups excluding carboxylic acids is 1. The summed E-state index contributed by atoms with van der Waals surface area (Å²) in [6.45, 7) is 2.11. The zero-order chi connectivity index (χ0) is 11.4. The molecular weight excluding hydrogens is 347 g/mol. The molecule has 0 aromatic heterocycles. The molecule has 0 aliphatic carbocycles. The van der Waals surface area contributed by atoms with Gasteiger partial charge in [-0.3, -0.25) is 0 Å². The molecule has 0 heterocycles. The maximum atomic E-state index is 11.7. The first-order valence-electron chi connectivity index (χ1n) is 4.31. The second kappa shape index (κ2) is 5.87. The minimum atomic E-state index is -0.360. The van der Waals surface area contributed by atoms with Crippen LogP contribution in [-0.4, -0.2) is 12.6 Å². The number of esters is 1. The molecule has 0 saturated heterocycles. The van der Waals surface area contributed by atoms with Gasteiger partial charge in [0.1, 0.15) is 0 Å². The van der Waals surface area contributed by atoms with Crippen LogP contribution in [0.4, 0.5) is 0 Å². The first kappa shape index (κ1) is 13.0. The fourth-order valence-corrected chi connectivity index (χ4v) is 2.23. The number of carbonyl (C=O) groups is 1. The molecule has 0 fully saturated rings. The molecule has 0 N–H and O–H groups in total. The molecule has 1 aromatic rings. The van der Waals surface area contributed by atoms with Crippen LogP contribution in [0.15, 0.2) is 21.1 Å². The van der Waals surface area contributed by atoms with Gasteiger partial charge in [-0.1, -0.05) is 6.07 Å². The molecule has 5 heteroatoms. The van der Waals surface area contributed by atoms with E-state index in [4.69, 9.17) is 16.3 Å². The van der Waals surface area contributed by atoms with Gasteiger partial charge in [0.15, 0.2) is 0 Å². The van der Waals surface area contributed by atoms with Crippen molar-refractivity contribution in [1.82, 2.24) is 0 Å². The number of hydrogen-bond acceptors (Lipinski definition) is 2. The Morgan fingerprint density at radius 3 is 2.67 bits per heavy atom. The van der Waals surface area contributed by atoms with Crippen molar-refractivity contribution in [3.8, 4) is 0 Å². The molecule has 0 aliphatic heterocycles. The van der Waals surface area contributed by atoms with Gasteiger partial charge in [-0.25, -0.2) is 4.79 Å². The number of rotatable bonds is 3. The van der Waals surface area contributed by atoms with E-state index in [0.717, 1.165) is 10.0 Å². The van der Waals surface area contributed by atoms with Gasteiger partial charge in [-0.15, -0.1) is 11.6 Å². The number of hydrogen-bond donors (Lipinski definition) is 0. The molecule has 0 spiro atoms. The van der Waals surface area contributed by atoms with E-state index in [1.165, 1.54) is 0 Å². The van der Waals surface area contributed by atoms with Crippen molar-refractivity contribution < 1.29 is 9.53 Å². The highest BCUT2D eigenvalue weighted by molar-refractivity contribution is 9.13. The van der Waals surface area contributed by atoms with Crippen molar-refractivity contribution in [2.45, 2.75) is 12.8 Å². The summed E-state index contributed by atoms with van der Waals surface area (Å²) in [4.78, 5) is 11.7. The molecule has 0 saturated carbocycles. The predicted octanol–water partition coefficient (Wildman–Crippen LogP) is 4.13. The number of benzene rings is 1. The number of halogens is 3. The van der Waals surface area contributed by atoms with E-state index in [-0.39, 0.29) is 11.8 Å². The minimum Gasteiger partial charge on any atom is -0.462 e. The summed E-state index contributed by atoms with van der Waals surface area (Å²) in [6, 6.07) is 3.64. The summed E-state index contributed by atoms with van der Waals surface area (Å²) < 4.78 is 6.44. The van der Waals surface area contributed by atoms with Crippen LogP contribution in [0.3, 0.4) is 0 Å². The van der Waals surface area contributed by atoms with Crippen LogP contribution in [0.5, 0.6) is 0 Å². The summed E-state index contributed by atoms with van der Waals surface area (Å²) in [7, 11) is 0. The van der Waals surface area contributed by atoms with Crippen LogP contribution >= 0.6 is 43.5 Å². The summed E-state index contributed by atoms with van der Waals surface area (Å²) in [5, 5.41) is 0. The lowest BCUT2D eigenvalue weighted by atomic mass is 10.1. The van der Waals surface area contributed by atoms with Crippen molar-refractivity contribution in [2.24, 2.45) is 0 Å². The third kappa shape index (κ3) is 2.95. The number of alkyl halides is 1. The molecule has 0 unspecified atom stereocenters. The van der Waals surface area contributed by atoms with Gasteiger partial charge in [0.25, 0.3) is 0 Å². The Morgan fingerprint density at radius 2 is 2.13 bits per heavy atom. The second-order valence-corrected chi connectivity index (χ2v) is 4.66. The van der Waals surface area contributed by atoms with Gasteiger partial charge in [0.05, 0.1) is 12.2 Å². The zero-order valence-electron chi connectivity index (χ0n) is 8.02. The van der Waals surface area contributed by atoms with E-state index >= 15 is 0 Å². The van der Waals surface area contributed by atoms with Crippen LogP contribution in [-0.2, 0) is 10.6 Å². The Bertz CT molecular complexity index is 380. The SMILES string of the molecule is CCOC(=O)c1c(CCl)ccc(Br)c1Br. The highest BCUT2D eigenvalue weighted by Crippen LogP contribution is 2.30. The van der Waals surface area contributed by atoms with Gasteiger partial charge in [0.2, 0.25) is 0 Å². The average Bonchev–Trinajstić information content (AvgIpc) is 2.22. The lowest BCUT2D eigenvalue weighted by molar-refractivity contribution is 0.0524. The van der Waals surface area contributed by atoms with E-state index < -0.39 is 0 Å².